The minimum absolute atomic E-state index is 0.0450. The van der Waals surface area contributed by atoms with Gasteiger partial charge in [-0.25, -0.2) is 8.78 Å². The molecule has 3 amide bonds. The number of ether oxygens (including phenoxy) is 2. The molecule has 0 radical (unpaired) electrons. The summed E-state index contributed by atoms with van der Waals surface area (Å²) in [6, 6.07) is 7.53. The van der Waals surface area contributed by atoms with Gasteiger partial charge in [0.15, 0.2) is 11.3 Å². The number of aliphatic hydroxyl groups excluding tert-OH is 1. The lowest BCUT2D eigenvalue weighted by Crippen LogP contribution is -2.64. The highest BCUT2D eigenvalue weighted by atomic mass is 19.1. The highest BCUT2D eigenvalue weighted by molar-refractivity contribution is 6.06. The molecule has 1 saturated heterocycles. The number of amides is 3. The van der Waals surface area contributed by atoms with Crippen molar-refractivity contribution in [3.05, 3.63) is 59.4 Å². The van der Waals surface area contributed by atoms with Crippen LogP contribution >= 0.6 is 0 Å². The largest absolute Gasteiger partial charge is 0.496 e. The second-order valence-electron chi connectivity index (χ2n) is 9.67. The number of methoxy groups -OCH3 is 1. The van der Waals surface area contributed by atoms with E-state index >= 15 is 0 Å². The van der Waals surface area contributed by atoms with Crippen molar-refractivity contribution in [1.82, 2.24) is 15.1 Å². The van der Waals surface area contributed by atoms with Crippen molar-refractivity contribution in [2.75, 3.05) is 33.4 Å². The van der Waals surface area contributed by atoms with Crippen LogP contribution in [0.15, 0.2) is 40.8 Å². The molecule has 2 N–H and O–H groups in total. The van der Waals surface area contributed by atoms with Gasteiger partial charge in [0.2, 0.25) is 17.6 Å². The molecular formula is C27H27F2N3O7. The van der Waals surface area contributed by atoms with E-state index in [4.69, 9.17) is 13.9 Å². The van der Waals surface area contributed by atoms with Crippen LogP contribution in [0.2, 0.25) is 0 Å². The minimum atomic E-state index is -1.76. The van der Waals surface area contributed by atoms with E-state index in [1.165, 1.54) is 43.2 Å². The topological polar surface area (TPSA) is 122 Å². The molecule has 1 aromatic heterocycles. The second-order valence-corrected chi connectivity index (χ2v) is 9.67. The molecule has 10 nitrogen and oxygen atoms in total. The van der Waals surface area contributed by atoms with Crippen LogP contribution in [-0.2, 0) is 16.1 Å². The van der Waals surface area contributed by atoms with E-state index in [-0.39, 0.29) is 53.0 Å². The van der Waals surface area contributed by atoms with E-state index in [1.807, 2.05) is 0 Å². The number of carbonyl (C=O) groups excluding carboxylic acids is 3. The Hall–Kier alpha value is -4.19. The Bertz CT molecular complexity index is 1460. The molecule has 0 unspecified atom stereocenters. The molecule has 2 atom stereocenters. The zero-order valence-electron chi connectivity index (χ0n) is 21.3. The summed E-state index contributed by atoms with van der Waals surface area (Å²) in [7, 11) is 1.37. The number of nitrogens with zero attached hydrogens (tertiary/aromatic N) is 2. The molecule has 3 aromatic rings. The number of likely N-dealkylation sites (tertiary alicyclic amines) is 1. The first kappa shape index (κ1) is 26.4. The lowest BCUT2D eigenvalue weighted by molar-refractivity contribution is -0.144. The van der Waals surface area contributed by atoms with Crippen molar-refractivity contribution in [2.24, 2.45) is 0 Å². The predicted molar refractivity (Wildman–Crippen MR) is 133 cm³/mol. The van der Waals surface area contributed by atoms with Crippen molar-refractivity contribution in [3.63, 3.8) is 0 Å². The first-order valence-corrected chi connectivity index (χ1v) is 12.3. The van der Waals surface area contributed by atoms with E-state index in [0.717, 1.165) is 11.0 Å². The molecule has 0 aliphatic carbocycles. The van der Waals surface area contributed by atoms with E-state index in [2.05, 4.69) is 5.32 Å². The van der Waals surface area contributed by atoms with E-state index in [0.29, 0.717) is 13.0 Å². The molecular weight excluding hydrogens is 516 g/mol. The Morgan fingerprint density at radius 2 is 2.05 bits per heavy atom. The molecule has 0 saturated carbocycles. The summed E-state index contributed by atoms with van der Waals surface area (Å²) >= 11 is 0. The molecule has 2 aliphatic rings. The van der Waals surface area contributed by atoms with Gasteiger partial charge in [0.25, 0.3) is 5.91 Å². The number of aliphatic hydroxyl groups is 1. The van der Waals surface area contributed by atoms with Crippen molar-refractivity contribution in [2.45, 2.75) is 31.5 Å². The molecule has 0 spiro atoms. The van der Waals surface area contributed by atoms with E-state index in [9.17, 15) is 28.3 Å². The fourth-order valence-corrected chi connectivity index (χ4v) is 4.85. The molecule has 0 bridgehead atoms. The summed E-state index contributed by atoms with van der Waals surface area (Å²) in [4.78, 5) is 43.1. The normalized spacial score (nSPS) is 20.6. The van der Waals surface area contributed by atoms with Gasteiger partial charge in [-0.1, -0.05) is 6.07 Å². The molecule has 206 valence electrons. The Labute approximate surface area is 222 Å². The molecule has 2 aromatic carbocycles. The van der Waals surface area contributed by atoms with E-state index in [1.54, 1.807) is 6.07 Å². The van der Waals surface area contributed by atoms with Crippen LogP contribution in [0.4, 0.5) is 8.78 Å². The quantitative estimate of drug-likeness (QED) is 0.469. The van der Waals surface area contributed by atoms with Crippen LogP contribution in [0.3, 0.4) is 0 Å². The molecule has 1 fully saturated rings. The number of halogens is 2. The van der Waals surface area contributed by atoms with Crippen LogP contribution in [0, 0.1) is 11.6 Å². The Balaban J connectivity index is 1.49. The Morgan fingerprint density at radius 1 is 1.26 bits per heavy atom. The third-order valence-corrected chi connectivity index (χ3v) is 7.32. The maximum atomic E-state index is 14.5. The third-order valence-electron chi connectivity index (χ3n) is 7.32. The first-order valence-electron chi connectivity index (χ1n) is 12.3. The van der Waals surface area contributed by atoms with Gasteiger partial charge in [0.1, 0.15) is 36.1 Å². The third kappa shape index (κ3) is 4.54. The average Bonchev–Trinajstić information content (AvgIpc) is 3.21. The summed E-state index contributed by atoms with van der Waals surface area (Å²) in [6.07, 6.45) is 0.612. The van der Waals surface area contributed by atoms with Gasteiger partial charge >= 0.3 is 0 Å². The number of carbonyl (C=O) groups is 3. The predicted octanol–water partition coefficient (Wildman–Crippen LogP) is 2.22. The zero-order chi connectivity index (χ0) is 27.9. The zero-order valence-corrected chi connectivity index (χ0v) is 21.3. The highest BCUT2D eigenvalue weighted by Gasteiger charge is 2.49. The monoisotopic (exact) mass is 543 g/mol. The fourth-order valence-electron chi connectivity index (χ4n) is 4.85. The van der Waals surface area contributed by atoms with Crippen LogP contribution in [0.1, 0.15) is 29.5 Å². The van der Waals surface area contributed by atoms with Gasteiger partial charge in [-0.3, -0.25) is 14.4 Å². The number of fused-ring (bicyclic) bond motifs is 3. The van der Waals surface area contributed by atoms with Crippen molar-refractivity contribution < 1.29 is 42.2 Å². The summed E-state index contributed by atoms with van der Waals surface area (Å²) in [5, 5.41) is 12.4. The van der Waals surface area contributed by atoms with Crippen LogP contribution in [0.5, 0.6) is 11.5 Å². The average molecular weight is 544 g/mol. The van der Waals surface area contributed by atoms with Gasteiger partial charge in [-0.05, 0) is 43.7 Å². The van der Waals surface area contributed by atoms with Gasteiger partial charge in [0.05, 0.1) is 25.1 Å². The fraction of sp³-hybridized carbons (Fsp3) is 0.370. The number of nitrogens with one attached hydrogen (secondary N) is 1. The second kappa shape index (κ2) is 10.2. The summed E-state index contributed by atoms with van der Waals surface area (Å²) in [6.45, 7) is 0.388. The standard InChI is InChI=1S/C27H27F2N3O7/c1-27(26(36)30-11-18-19(29)4-3-5-20(18)37-2)14-38-23-17-10-15(28)6-7-21(17)39-24(23)25(35)32(27)12-22(34)31-9-8-16(31)13-33/h3-7,10,16,33H,8-9,11-14H2,1-2H3,(H,30,36)/t16-,27+/m0/s1. The van der Waals surface area contributed by atoms with Gasteiger partial charge < -0.3 is 34.1 Å². The maximum absolute atomic E-state index is 14.5. The number of hydrogen-bond acceptors (Lipinski definition) is 7. The molecule has 39 heavy (non-hydrogen) atoms. The van der Waals surface area contributed by atoms with Crippen LogP contribution in [0.25, 0.3) is 11.0 Å². The maximum Gasteiger partial charge on any atom is 0.295 e. The van der Waals surface area contributed by atoms with Crippen molar-refractivity contribution >= 4 is 28.7 Å². The number of hydrogen-bond donors (Lipinski definition) is 2. The molecule has 12 heteroatoms. The first-order chi connectivity index (χ1) is 18.7. The summed E-state index contributed by atoms with van der Waals surface area (Å²) in [5.41, 5.74) is -1.46. The summed E-state index contributed by atoms with van der Waals surface area (Å²) in [5.74, 6) is -3.29. The smallest absolute Gasteiger partial charge is 0.295 e. The van der Waals surface area contributed by atoms with Gasteiger partial charge in [-0.2, -0.15) is 0 Å². The Kier molecular flexibility index (Phi) is 6.89. The van der Waals surface area contributed by atoms with Crippen molar-refractivity contribution in [3.8, 4) is 11.5 Å². The highest BCUT2D eigenvalue weighted by Crippen LogP contribution is 2.39. The SMILES string of the molecule is COc1cccc(F)c1CNC(=O)[C@@]1(C)COc2c(oc3ccc(F)cc23)C(=O)N1CC(=O)N1CC[C@H]1CO. The number of rotatable bonds is 7. The molecule has 3 heterocycles. The van der Waals surface area contributed by atoms with Crippen LogP contribution in [-0.4, -0.2) is 77.6 Å². The number of furan rings is 1. The molecule has 2 aliphatic heterocycles. The number of benzene rings is 2. The molecule has 5 rings (SSSR count). The van der Waals surface area contributed by atoms with Gasteiger partial charge in [0, 0.05) is 18.7 Å². The minimum Gasteiger partial charge on any atom is -0.496 e. The lowest BCUT2D eigenvalue weighted by atomic mass is 9.98. The van der Waals surface area contributed by atoms with Crippen molar-refractivity contribution in [1.29, 1.82) is 0 Å². The Morgan fingerprint density at radius 3 is 2.74 bits per heavy atom. The lowest BCUT2D eigenvalue weighted by Gasteiger charge is -2.43. The summed E-state index contributed by atoms with van der Waals surface area (Å²) < 4.78 is 45.3. The van der Waals surface area contributed by atoms with E-state index < -0.39 is 48.0 Å². The van der Waals surface area contributed by atoms with Gasteiger partial charge in [-0.15, -0.1) is 0 Å². The van der Waals surface area contributed by atoms with Crippen LogP contribution < -0.4 is 14.8 Å².